The van der Waals surface area contributed by atoms with Gasteiger partial charge in [-0.05, 0) is 19.9 Å². The minimum Gasteiger partial charge on any atom is -0.481 e. The van der Waals surface area contributed by atoms with E-state index in [1.165, 1.54) is 0 Å². The summed E-state index contributed by atoms with van der Waals surface area (Å²) < 4.78 is 5.37. The van der Waals surface area contributed by atoms with Gasteiger partial charge in [-0.2, -0.15) is 0 Å². The minimum atomic E-state index is -0.901. The SMILES string of the molecule is Cc1cc(C(=O)N2CCO[C@H](CC(=O)O)C2)c(C)s1. The Morgan fingerprint density at radius 1 is 1.53 bits per heavy atom. The highest BCUT2D eigenvalue weighted by molar-refractivity contribution is 7.12. The largest absolute Gasteiger partial charge is 0.481 e. The van der Waals surface area contributed by atoms with Crippen LogP contribution in [-0.2, 0) is 9.53 Å². The van der Waals surface area contributed by atoms with Crippen molar-refractivity contribution < 1.29 is 19.4 Å². The van der Waals surface area contributed by atoms with E-state index in [-0.39, 0.29) is 12.3 Å². The smallest absolute Gasteiger partial charge is 0.306 e. The number of thiophene rings is 1. The highest BCUT2D eigenvalue weighted by Gasteiger charge is 2.27. The highest BCUT2D eigenvalue weighted by atomic mass is 32.1. The number of morpholine rings is 1. The predicted molar refractivity (Wildman–Crippen MR) is 71.7 cm³/mol. The van der Waals surface area contributed by atoms with E-state index >= 15 is 0 Å². The third-order valence-corrected chi connectivity index (χ3v) is 4.07. The van der Waals surface area contributed by atoms with Crippen molar-refractivity contribution in [3.8, 4) is 0 Å². The molecule has 1 saturated heterocycles. The topological polar surface area (TPSA) is 66.8 Å². The maximum Gasteiger partial charge on any atom is 0.306 e. The second kappa shape index (κ2) is 5.71. The molecule has 1 aliphatic heterocycles. The Balaban J connectivity index is 2.07. The van der Waals surface area contributed by atoms with E-state index in [1.54, 1.807) is 16.2 Å². The lowest BCUT2D eigenvalue weighted by molar-refractivity contribution is -0.141. The fourth-order valence-electron chi connectivity index (χ4n) is 2.24. The number of carboxylic acid groups (broad SMARTS) is 1. The molecule has 2 rings (SSSR count). The van der Waals surface area contributed by atoms with Crippen molar-refractivity contribution in [3.63, 3.8) is 0 Å². The van der Waals surface area contributed by atoms with Gasteiger partial charge in [0.2, 0.25) is 0 Å². The molecule has 1 amide bonds. The van der Waals surface area contributed by atoms with Crippen LogP contribution in [0.5, 0.6) is 0 Å². The molecule has 0 aliphatic carbocycles. The second-order valence-electron chi connectivity index (χ2n) is 4.67. The Bertz CT molecular complexity index is 497. The molecule has 1 aromatic rings. The number of aliphatic carboxylic acids is 1. The molecule has 104 valence electrons. The lowest BCUT2D eigenvalue weighted by Gasteiger charge is -2.32. The first-order valence-corrected chi connectivity index (χ1v) is 6.98. The van der Waals surface area contributed by atoms with Gasteiger partial charge in [0.05, 0.1) is 24.7 Å². The first-order valence-electron chi connectivity index (χ1n) is 6.17. The number of ether oxygens (including phenoxy) is 1. The Morgan fingerprint density at radius 2 is 2.26 bits per heavy atom. The summed E-state index contributed by atoms with van der Waals surface area (Å²) in [5.41, 5.74) is 0.721. The maximum atomic E-state index is 12.4. The normalized spacial score (nSPS) is 19.5. The molecule has 19 heavy (non-hydrogen) atoms. The molecule has 0 radical (unpaired) electrons. The molecule has 6 heteroatoms. The number of amides is 1. The van der Waals surface area contributed by atoms with Crippen LogP contribution in [0, 0.1) is 13.8 Å². The lowest BCUT2D eigenvalue weighted by Crippen LogP contribution is -2.46. The number of hydrogen-bond acceptors (Lipinski definition) is 4. The summed E-state index contributed by atoms with van der Waals surface area (Å²) in [6.45, 7) is 5.16. The van der Waals surface area contributed by atoms with Gasteiger partial charge in [0.15, 0.2) is 0 Å². The summed E-state index contributed by atoms with van der Waals surface area (Å²) in [5.74, 6) is -0.928. The van der Waals surface area contributed by atoms with Gasteiger partial charge in [-0.3, -0.25) is 9.59 Å². The predicted octanol–water partition coefficient (Wildman–Crippen LogP) is 1.68. The molecule has 1 N–H and O–H groups in total. The number of nitrogens with zero attached hydrogens (tertiary/aromatic N) is 1. The van der Waals surface area contributed by atoms with Crippen LogP contribution < -0.4 is 0 Å². The van der Waals surface area contributed by atoms with Crippen molar-refractivity contribution in [3.05, 3.63) is 21.4 Å². The zero-order valence-electron chi connectivity index (χ0n) is 11.0. The van der Waals surface area contributed by atoms with E-state index in [0.717, 1.165) is 15.3 Å². The standard InChI is InChI=1S/C13H17NO4S/c1-8-5-11(9(2)19-8)13(17)14-3-4-18-10(7-14)6-12(15)16/h5,10H,3-4,6-7H2,1-2H3,(H,15,16)/t10-/m1/s1. The summed E-state index contributed by atoms with van der Waals surface area (Å²) in [6.07, 6.45) is -0.471. The Labute approximate surface area is 115 Å². The summed E-state index contributed by atoms with van der Waals surface area (Å²) in [5, 5.41) is 8.77. The monoisotopic (exact) mass is 283 g/mol. The number of aryl methyl sites for hydroxylation is 2. The maximum absolute atomic E-state index is 12.4. The first-order chi connectivity index (χ1) is 8.97. The molecule has 1 atom stereocenters. The molecule has 0 aromatic carbocycles. The molecule has 0 unspecified atom stereocenters. The second-order valence-corrected chi connectivity index (χ2v) is 6.13. The third-order valence-electron chi connectivity index (χ3n) is 3.10. The minimum absolute atomic E-state index is 0.0273. The summed E-state index contributed by atoms with van der Waals surface area (Å²) in [7, 11) is 0. The van der Waals surface area contributed by atoms with Crippen LogP contribution in [0.15, 0.2) is 6.07 Å². The number of carbonyl (C=O) groups excluding carboxylic acids is 1. The molecule has 0 bridgehead atoms. The fourth-order valence-corrected chi connectivity index (χ4v) is 3.15. The number of rotatable bonds is 3. The van der Waals surface area contributed by atoms with Gasteiger partial charge in [-0.1, -0.05) is 0 Å². The van der Waals surface area contributed by atoms with Crippen molar-refractivity contribution in [1.82, 2.24) is 4.90 Å². The average molecular weight is 283 g/mol. The molecular formula is C13H17NO4S. The van der Waals surface area contributed by atoms with Crippen LogP contribution in [-0.4, -0.2) is 47.7 Å². The van der Waals surface area contributed by atoms with E-state index in [1.807, 2.05) is 19.9 Å². The quantitative estimate of drug-likeness (QED) is 0.916. The van der Waals surface area contributed by atoms with Crippen LogP contribution in [0.2, 0.25) is 0 Å². The van der Waals surface area contributed by atoms with Gasteiger partial charge in [0.25, 0.3) is 5.91 Å². The van der Waals surface area contributed by atoms with Crippen molar-refractivity contribution >= 4 is 23.2 Å². The molecule has 1 aromatic heterocycles. The molecule has 1 aliphatic rings. The Hall–Kier alpha value is -1.40. The molecule has 1 fully saturated rings. The average Bonchev–Trinajstić information content (AvgIpc) is 2.67. The molecule has 5 nitrogen and oxygen atoms in total. The van der Waals surface area contributed by atoms with Crippen LogP contribution in [0.3, 0.4) is 0 Å². The van der Waals surface area contributed by atoms with Crippen LogP contribution in [0.25, 0.3) is 0 Å². The molecule has 2 heterocycles. The summed E-state index contributed by atoms with van der Waals surface area (Å²) >= 11 is 1.60. The van der Waals surface area contributed by atoms with E-state index in [4.69, 9.17) is 9.84 Å². The third kappa shape index (κ3) is 3.33. The van der Waals surface area contributed by atoms with Gasteiger partial charge in [0.1, 0.15) is 0 Å². The first kappa shape index (κ1) is 14.0. The number of carbonyl (C=O) groups is 2. The van der Waals surface area contributed by atoms with Crippen LogP contribution in [0.4, 0.5) is 0 Å². The molecule has 0 saturated carbocycles. The van der Waals surface area contributed by atoms with Gasteiger partial charge in [0, 0.05) is 22.8 Å². The highest BCUT2D eigenvalue weighted by Crippen LogP contribution is 2.23. The van der Waals surface area contributed by atoms with E-state index in [2.05, 4.69) is 0 Å². The van der Waals surface area contributed by atoms with Crippen LogP contribution in [0.1, 0.15) is 26.5 Å². The van der Waals surface area contributed by atoms with E-state index in [0.29, 0.717) is 19.7 Å². The van der Waals surface area contributed by atoms with Crippen molar-refractivity contribution in [1.29, 1.82) is 0 Å². The summed E-state index contributed by atoms with van der Waals surface area (Å²) in [4.78, 5) is 26.9. The van der Waals surface area contributed by atoms with Gasteiger partial charge in [-0.25, -0.2) is 0 Å². The Kier molecular flexibility index (Phi) is 4.21. The van der Waals surface area contributed by atoms with Crippen molar-refractivity contribution in [2.24, 2.45) is 0 Å². The molecule has 0 spiro atoms. The molecular weight excluding hydrogens is 266 g/mol. The lowest BCUT2D eigenvalue weighted by atomic mass is 10.1. The zero-order valence-corrected chi connectivity index (χ0v) is 11.8. The van der Waals surface area contributed by atoms with Gasteiger partial charge in [-0.15, -0.1) is 11.3 Å². The summed E-state index contributed by atoms with van der Waals surface area (Å²) in [6, 6.07) is 1.89. The van der Waals surface area contributed by atoms with E-state index in [9.17, 15) is 9.59 Å². The van der Waals surface area contributed by atoms with Crippen molar-refractivity contribution in [2.45, 2.75) is 26.4 Å². The zero-order chi connectivity index (χ0) is 14.0. The van der Waals surface area contributed by atoms with Crippen molar-refractivity contribution in [2.75, 3.05) is 19.7 Å². The van der Waals surface area contributed by atoms with Crippen LogP contribution >= 0.6 is 11.3 Å². The van der Waals surface area contributed by atoms with Gasteiger partial charge >= 0.3 is 5.97 Å². The van der Waals surface area contributed by atoms with E-state index < -0.39 is 12.1 Å². The fraction of sp³-hybridized carbons (Fsp3) is 0.538. The van der Waals surface area contributed by atoms with Gasteiger partial charge < -0.3 is 14.7 Å². The number of carboxylic acids is 1. The number of hydrogen-bond donors (Lipinski definition) is 1. The Morgan fingerprint density at radius 3 is 2.84 bits per heavy atom.